The lowest BCUT2D eigenvalue weighted by atomic mass is 9.52. The molecule has 0 aliphatic heterocycles. The lowest BCUT2D eigenvalue weighted by Crippen LogP contribution is -2.61. The topological polar surface area (TPSA) is 75.6 Å². The Kier molecular flexibility index (Phi) is 5.83. The van der Waals surface area contributed by atoms with Gasteiger partial charge in [0.15, 0.2) is 5.78 Å². The van der Waals surface area contributed by atoms with Crippen LogP contribution in [-0.4, -0.2) is 42.2 Å². The molecule has 174 valence electrons. The Morgan fingerprint density at radius 2 is 1.82 bits per heavy atom. The molecule has 2 unspecified atom stereocenters. The number of ketones is 1. The van der Waals surface area contributed by atoms with E-state index in [9.17, 15) is 19.1 Å². The van der Waals surface area contributed by atoms with Crippen molar-refractivity contribution in [1.29, 1.82) is 0 Å². The van der Waals surface area contributed by atoms with Gasteiger partial charge in [-0.15, -0.1) is 0 Å². The summed E-state index contributed by atoms with van der Waals surface area (Å²) in [6, 6.07) is 10.8. The van der Waals surface area contributed by atoms with E-state index in [4.69, 9.17) is 4.74 Å². The molecular weight excluding hydrogens is 421 g/mol. The fourth-order valence-corrected chi connectivity index (χ4v) is 6.62. The Balaban J connectivity index is 1.38. The Bertz CT molecular complexity index is 1070. The maximum atomic E-state index is 13.6. The van der Waals surface area contributed by atoms with Gasteiger partial charge < -0.3 is 15.2 Å². The summed E-state index contributed by atoms with van der Waals surface area (Å²) in [7, 11) is 1.60. The zero-order valence-electron chi connectivity index (χ0n) is 18.9. The van der Waals surface area contributed by atoms with E-state index in [1.54, 1.807) is 31.4 Å². The first-order valence-electron chi connectivity index (χ1n) is 11.8. The van der Waals surface area contributed by atoms with Crippen LogP contribution in [0.4, 0.5) is 4.39 Å². The minimum absolute atomic E-state index is 0.0817. The van der Waals surface area contributed by atoms with Crippen LogP contribution < -0.4 is 5.32 Å². The van der Waals surface area contributed by atoms with Crippen LogP contribution in [0.5, 0.6) is 0 Å². The zero-order chi connectivity index (χ0) is 23.2. The molecule has 0 heterocycles. The van der Waals surface area contributed by atoms with Crippen molar-refractivity contribution in [2.45, 2.75) is 50.2 Å². The molecule has 4 bridgehead atoms. The fraction of sp³-hybridized carbons (Fsp3) is 0.481. The number of nitrogens with one attached hydrogen (secondary N) is 1. The summed E-state index contributed by atoms with van der Waals surface area (Å²) in [6.45, 7) is 0.418. The fourth-order valence-electron chi connectivity index (χ4n) is 6.62. The average molecular weight is 452 g/mol. The van der Waals surface area contributed by atoms with E-state index in [0.717, 1.165) is 37.7 Å². The van der Waals surface area contributed by atoms with E-state index in [-0.39, 0.29) is 23.3 Å². The number of benzene rings is 2. The van der Waals surface area contributed by atoms with Gasteiger partial charge in [-0.3, -0.25) is 9.59 Å². The lowest BCUT2D eigenvalue weighted by molar-refractivity contribution is -0.136. The second-order valence-electron chi connectivity index (χ2n) is 10.1. The minimum atomic E-state index is -0.541. The number of methoxy groups -OCH3 is 1. The van der Waals surface area contributed by atoms with Crippen molar-refractivity contribution in [3.05, 3.63) is 70.5 Å². The number of aliphatic hydroxyl groups is 1. The van der Waals surface area contributed by atoms with E-state index in [2.05, 4.69) is 5.32 Å². The average Bonchev–Trinajstić information content (AvgIpc) is 2.78. The highest BCUT2D eigenvalue weighted by atomic mass is 19.1. The molecule has 4 fully saturated rings. The molecule has 0 saturated heterocycles. The number of carbonyl (C=O) groups excluding carboxylic acids is 2. The Hall–Kier alpha value is -2.57. The number of ether oxygens (including phenoxy) is 1. The van der Waals surface area contributed by atoms with Crippen LogP contribution in [0.2, 0.25) is 0 Å². The summed E-state index contributed by atoms with van der Waals surface area (Å²) in [5.41, 5.74) is 1.42. The molecule has 2 atom stereocenters. The summed E-state index contributed by atoms with van der Waals surface area (Å²) in [5, 5.41) is 14.1. The number of hydrogen-bond acceptors (Lipinski definition) is 4. The first kappa shape index (κ1) is 22.2. The minimum Gasteiger partial charge on any atom is -0.390 e. The van der Waals surface area contributed by atoms with Gasteiger partial charge in [0.2, 0.25) is 0 Å². The summed E-state index contributed by atoms with van der Waals surface area (Å²) in [6.07, 6.45) is 5.07. The highest BCUT2D eigenvalue weighted by molar-refractivity contribution is 6.09. The smallest absolute Gasteiger partial charge is 0.251 e. The number of halogens is 1. The number of hydrogen-bond donors (Lipinski definition) is 2. The Labute approximate surface area is 193 Å². The van der Waals surface area contributed by atoms with Gasteiger partial charge in [-0.1, -0.05) is 18.2 Å². The molecule has 33 heavy (non-hydrogen) atoms. The van der Waals surface area contributed by atoms with Gasteiger partial charge in [-0.25, -0.2) is 4.39 Å². The highest BCUT2D eigenvalue weighted by Crippen LogP contribution is 2.55. The molecule has 0 aromatic heterocycles. The maximum Gasteiger partial charge on any atom is 0.251 e. The van der Waals surface area contributed by atoms with Gasteiger partial charge in [-0.2, -0.15) is 0 Å². The molecule has 6 rings (SSSR count). The molecule has 2 N–H and O–H groups in total. The van der Waals surface area contributed by atoms with Crippen LogP contribution in [0.1, 0.15) is 63.9 Å². The van der Waals surface area contributed by atoms with Crippen LogP contribution >= 0.6 is 0 Å². The molecule has 2 aromatic rings. The van der Waals surface area contributed by atoms with Crippen molar-refractivity contribution >= 4 is 11.7 Å². The number of carbonyl (C=O) groups is 2. The first-order valence-corrected chi connectivity index (χ1v) is 11.8. The Morgan fingerprint density at radius 1 is 1.09 bits per heavy atom. The van der Waals surface area contributed by atoms with Gasteiger partial charge in [-0.05, 0) is 86.1 Å². The van der Waals surface area contributed by atoms with Crippen LogP contribution in [0, 0.1) is 23.6 Å². The van der Waals surface area contributed by atoms with Crippen LogP contribution in [0.15, 0.2) is 42.5 Å². The van der Waals surface area contributed by atoms with Crippen molar-refractivity contribution in [3.63, 3.8) is 0 Å². The molecule has 4 saturated carbocycles. The summed E-state index contributed by atoms with van der Waals surface area (Å²) < 4.78 is 18.8. The largest absolute Gasteiger partial charge is 0.390 e. The third-order valence-electron chi connectivity index (χ3n) is 7.81. The van der Waals surface area contributed by atoms with Gasteiger partial charge in [0.1, 0.15) is 5.82 Å². The monoisotopic (exact) mass is 451 g/mol. The Morgan fingerprint density at radius 3 is 2.48 bits per heavy atom. The van der Waals surface area contributed by atoms with Crippen molar-refractivity contribution in [1.82, 2.24) is 5.32 Å². The third-order valence-corrected chi connectivity index (χ3v) is 7.81. The second kappa shape index (κ2) is 8.65. The molecule has 0 spiro atoms. The molecule has 5 nitrogen and oxygen atoms in total. The van der Waals surface area contributed by atoms with Crippen molar-refractivity contribution in [2.24, 2.45) is 17.8 Å². The third kappa shape index (κ3) is 4.34. The lowest BCUT2D eigenvalue weighted by Gasteiger charge is -2.58. The van der Waals surface area contributed by atoms with Gasteiger partial charge in [0.25, 0.3) is 5.91 Å². The van der Waals surface area contributed by atoms with E-state index in [1.807, 2.05) is 0 Å². The summed E-state index contributed by atoms with van der Waals surface area (Å²) in [5.74, 6) is 0.329. The van der Waals surface area contributed by atoms with Crippen LogP contribution in [0.3, 0.4) is 0 Å². The van der Waals surface area contributed by atoms with Crippen molar-refractivity contribution in [2.75, 3.05) is 13.7 Å². The van der Waals surface area contributed by atoms with E-state index < -0.39 is 11.4 Å². The summed E-state index contributed by atoms with van der Waals surface area (Å²) >= 11 is 0. The summed E-state index contributed by atoms with van der Waals surface area (Å²) in [4.78, 5) is 26.2. The van der Waals surface area contributed by atoms with E-state index >= 15 is 0 Å². The molecule has 1 amide bonds. The molecule has 4 aliphatic rings. The SMILES string of the molecule is COCCc1cc(C(=O)c2cccc(F)c2)ccc1C(=O)NC1C2CC3CC1CC(O)(C3)C2. The first-order chi connectivity index (χ1) is 15.8. The van der Waals surface area contributed by atoms with Gasteiger partial charge in [0, 0.05) is 29.8 Å². The van der Waals surface area contributed by atoms with Crippen molar-refractivity contribution in [3.8, 4) is 0 Å². The van der Waals surface area contributed by atoms with Crippen molar-refractivity contribution < 1.29 is 23.8 Å². The molecule has 4 aliphatic carbocycles. The van der Waals surface area contributed by atoms with Crippen LogP contribution in [-0.2, 0) is 11.2 Å². The normalized spacial score (nSPS) is 29.8. The van der Waals surface area contributed by atoms with Gasteiger partial charge >= 0.3 is 0 Å². The zero-order valence-corrected chi connectivity index (χ0v) is 18.9. The highest BCUT2D eigenvalue weighted by Gasteiger charge is 2.55. The maximum absolute atomic E-state index is 13.6. The quantitative estimate of drug-likeness (QED) is 0.626. The molecule has 0 radical (unpaired) electrons. The number of amides is 1. The second-order valence-corrected chi connectivity index (χ2v) is 10.1. The number of rotatable bonds is 7. The van der Waals surface area contributed by atoms with E-state index in [0.29, 0.717) is 41.9 Å². The molecular formula is C27H30FNO4. The van der Waals surface area contributed by atoms with Gasteiger partial charge in [0.05, 0.1) is 12.2 Å². The predicted octanol–water partition coefficient (Wildman–Crippen LogP) is 3.92. The predicted molar refractivity (Wildman–Crippen MR) is 122 cm³/mol. The van der Waals surface area contributed by atoms with Crippen LogP contribution in [0.25, 0.3) is 0 Å². The molecule has 2 aromatic carbocycles. The molecule has 6 heteroatoms. The van der Waals surface area contributed by atoms with E-state index in [1.165, 1.54) is 18.2 Å². The standard InChI is InChI=1S/C27H30FNO4/c1-33-8-7-17-11-19(25(30)18-3-2-4-22(28)12-18)5-6-23(17)26(31)29-24-20-9-16-10-21(24)15-27(32,13-16)14-20/h2-6,11-12,16,20-21,24,32H,7-10,13-15H2,1H3,(H,29,31).